The van der Waals surface area contributed by atoms with Gasteiger partial charge in [-0.25, -0.2) is 4.68 Å². The third-order valence-corrected chi connectivity index (χ3v) is 7.95. The Morgan fingerprint density at radius 1 is 1.07 bits per heavy atom. The molecule has 9 heteroatoms. The van der Waals surface area contributed by atoms with Gasteiger partial charge in [0.15, 0.2) is 0 Å². The zero-order chi connectivity index (χ0) is 29.6. The van der Waals surface area contributed by atoms with Gasteiger partial charge < -0.3 is 9.72 Å². The van der Waals surface area contributed by atoms with Crippen LogP contribution in [0, 0.1) is 12.8 Å². The van der Waals surface area contributed by atoms with Gasteiger partial charge in [0.25, 0.3) is 0 Å². The average Bonchev–Trinajstić information content (AvgIpc) is 3.56. The molecule has 0 fully saturated rings. The summed E-state index contributed by atoms with van der Waals surface area (Å²) in [6.45, 7) is 7.98. The van der Waals surface area contributed by atoms with Crippen LogP contribution in [0.4, 0.5) is 13.2 Å². The number of H-pyrrole nitrogens is 1. The Kier molecular flexibility index (Phi) is 7.53. The molecule has 0 unspecified atom stereocenters. The second kappa shape index (κ2) is 11.2. The summed E-state index contributed by atoms with van der Waals surface area (Å²) in [6.07, 6.45) is -1.94. The predicted molar refractivity (Wildman–Crippen MR) is 160 cm³/mol. The molecule has 6 rings (SSSR count). The van der Waals surface area contributed by atoms with Gasteiger partial charge in [-0.15, -0.1) is 0 Å². The molecule has 42 heavy (non-hydrogen) atoms. The topological polar surface area (TPSA) is 46.1 Å². The second-order valence-corrected chi connectivity index (χ2v) is 11.8. The number of hydrogen-bond donors (Lipinski definition) is 1. The molecular weight excluding hydrogens is 561 g/mol. The Morgan fingerprint density at radius 2 is 1.88 bits per heavy atom. The SMILES string of the molecule is Cc1cccc(OCC(C)C)c1-n1nc2c(c1-c1cccc3[nH]ccc13)CN(Cc1cc(Cl)ccc1C(F)(F)F)CC2. The van der Waals surface area contributed by atoms with Gasteiger partial charge in [-0.1, -0.05) is 49.7 Å². The number of benzene rings is 3. The number of ether oxygens (including phenoxy) is 1. The molecule has 1 aliphatic rings. The van der Waals surface area contributed by atoms with Gasteiger partial charge >= 0.3 is 6.18 Å². The molecule has 0 amide bonds. The molecule has 1 N–H and O–H groups in total. The highest BCUT2D eigenvalue weighted by Gasteiger charge is 2.35. The summed E-state index contributed by atoms with van der Waals surface area (Å²) < 4.78 is 49.9. The predicted octanol–water partition coefficient (Wildman–Crippen LogP) is 8.59. The molecule has 2 aromatic heterocycles. The molecule has 5 aromatic rings. The molecule has 0 bridgehead atoms. The van der Waals surface area contributed by atoms with Crippen LogP contribution in [0.25, 0.3) is 27.8 Å². The fourth-order valence-electron chi connectivity index (χ4n) is 5.78. The van der Waals surface area contributed by atoms with Crippen LogP contribution >= 0.6 is 11.6 Å². The number of fused-ring (bicyclic) bond motifs is 2. The fraction of sp³-hybridized carbons (Fsp3) is 0.303. The van der Waals surface area contributed by atoms with Crippen molar-refractivity contribution in [3.05, 3.63) is 99.8 Å². The molecule has 218 valence electrons. The molecule has 0 spiro atoms. The van der Waals surface area contributed by atoms with E-state index in [4.69, 9.17) is 21.4 Å². The number of aromatic nitrogens is 3. The molecule has 0 radical (unpaired) electrons. The number of para-hydroxylation sites is 1. The largest absolute Gasteiger partial charge is 0.491 e. The lowest BCUT2D eigenvalue weighted by molar-refractivity contribution is -0.138. The van der Waals surface area contributed by atoms with E-state index < -0.39 is 11.7 Å². The van der Waals surface area contributed by atoms with Crippen molar-refractivity contribution < 1.29 is 17.9 Å². The number of hydrogen-bond acceptors (Lipinski definition) is 3. The maximum atomic E-state index is 13.9. The lowest BCUT2D eigenvalue weighted by Gasteiger charge is -2.28. The monoisotopic (exact) mass is 592 g/mol. The lowest BCUT2D eigenvalue weighted by Crippen LogP contribution is -2.30. The number of alkyl halides is 3. The van der Waals surface area contributed by atoms with Crippen LogP contribution in [0.15, 0.2) is 66.9 Å². The van der Waals surface area contributed by atoms with Crippen LogP contribution < -0.4 is 4.74 Å². The number of nitrogens with zero attached hydrogens (tertiary/aromatic N) is 3. The molecular formula is C33H32ClF3N4O. The van der Waals surface area contributed by atoms with Crippen molar-refractivity contribution >= 4 is 22.5 Å². The molecule has 0 atom stereocenters. The van der Waals surface area contributed by atoms with Crippen molar-refractivity contribution in [1.82, 2.24) is 19.7 Å². The first kappa shape index (κ1) is 28.4. The van der Waals surface area contributed by atoms with Gasteiger partial charge in [0, 0.05) is 59.3 Å². The number of halogens is 4. The maximum Gasteiger partial charge on any atom is 0.416 e. The summed E-state index contributed by atoms with van der Waals surface area (Å²) in [5.74, 6) is 1.09. The minimum Gasteiger partial charge on any atom is -0.491 e. The Balaban J connectivity index is 1.49. The number of rotatable bonds is 7. The first-order valence-electron chi connectivity index (χ1n) is 14.1. The van der Waals surface area contributed by atoms with Crippen molar-refractivity contribution in [1.29, 1.82) is 0 Å². The highest BCUT2D eigenvalue weighted by Crippen LogP contribution is 2.40. The van der Waals surface area contributed by atoms with Gasteiger partial charge in [-0.05, 0) is 60.4 Å². The van der Waals surface area contributed by atoms with Crippen LogP contribution in [0.5, 0.6) is 5.75 Å². The molecule has 3 aromatic carbocycles. The van der Waals surface area contributed by atoms with Gasteiger partial charge in [-0.3, -0.25) is 4.90 Å². The quantitative estimate of drug-likeness (QED) is 0.206. The zero-order valence-electron chi connectivity index (χ0n) is 23.7. The molecule has 3 heterocycles. The van der Waals surface area contributed by atoms with E-state index in [1.807, 2.05) is 59.1 Å². The first-order chi connectivity index (χ1) is 20.1. The number of aromatic amines is 1. The number of nitrogens with one attached hydrogen (secondary N) is 1. The maximum absolute atomic E-state index is 13.9. The van der Waals surface area contributed by atoms with Gasteiger partial charge in [0.1, 0.15) is 11.4 Å². The van der Waals surface area contributed by atoms with Crippen molar-refractivity contribution in [2.45, 2.75) is 46.5 Å². The van der Waals surface area contributed by atoms with Crippen LogP contribution in [0.1, 0.15) is 41.8 Å². The normalized spacial score (nSPS) is 14.1. The third kappa shape index (κ3) is 5.41. The van der Waals surface area contributed by atoms with Crippen LogP contribution in [-0.2, 0) is 25.7 Å². The molecule has 0 aliphatic carbocycles. The van der Waals surface area contributed by atoms with Crippen molar-refractivity contribution in [3.8, 4) is 22.7 Å². The van der Waals surface area contributed by atoms with E-state index in [9.17, 15) is 13.2 Å². The molecule has 1 aliphatic heterocycles. The summed E-state index contributed by atoms with van der Waals surface area (Å²) >= 11 is 6.15. The van der Waals surface area contributed by atoms with E-state index in [0.717, 1.165) is 56.5 Å². The molecule has 5 nitrogen and oxygen atoms in total. The molecule has 0 saturated carbocycles. The van der Waals surface area contributed by atoms with Crippen molar-refractivity contribution in [3.63, 3.8) is 0 Å². The smallest absolute Gasteiger partial charge is 0.416 e. The third-order valence-electron chi connectivity index (χ3n) is 7.71. The van der Waals surface area contributed by atoms with Crippen LogP contribution in [-0.4, -0.2) is 32.8 Å². The van der Waals surface area contributed by atoms with E-state index in [0.29, 0.717) is 32.0 Å². The Labute approximate surface area is 247 Å². The minimum atomic E-state index is -4.46. The fourth-order valence-corrected chi connectivity index (χ4v) is 5.98. The lowest BCUT2D eigenvalue weighted by atomic mass is 9.97. The summed E-state index contributed by atoms with van der Waals surface area (Å²) in [7, 11) is 0. The highest BCUT2D eigenvalue weighted by atomic mass is 35.5. The zero-order valence-corrected chi connectivity index (χ0v) is 24.5. The van der Waals surface area contributed by atoms with Crippen molar-refractivity contribution in [2.75, 3.05) is 13.2 Å². The van der Waals surface area contributed by atoms with Gasteiger partial charge in [-0.2, -0.15) is 18.3 Å². The Hall–Kier alpha value is -3.75. The first-order valence-corrected chi connectivity index (χ1v) is 14.5. The average molecular weight is 593 g/mol. The van der Waals surface area contributed by atoms with E-state index in [1.165, 1.54) is 12.1 Å². The summed E-state index contributed by atoms with van der Waals surface area (Å²) in [5, 5.41) is 6.48. The van der Waals surface area contributed by atoms with E-state index in [-0.39, 0.29) is 17.1 Å². The van der Waals surface area contributed by atoms with E-state index in [1.54, 1.807) is 0 Å². The summed E-state index contributed by atoms with van der Waals surface area (Å²) in [4.78, 5) is 5.35. The summed E-state index contributed by atoms with van der Waals surface area (Å²) in [6, 6.07) is 17.9. The standard InChI is InChI=1S/C33H32ClF3N4O/c1-20(2)19-42-30-9-4-6-21(3)31(30)41-32(25-7-5-8-28-24(25)12-14-38-28)26-18-40(15-13-29(26)39-41)17-22-16-23(34)10-11-27(22)33(35,36)37/h4-12,14,16,20,38H,13,15,17-19H2,1-3H3. The second-order valence-electron chi connectivity index (χ2n) is 11.3. The molecule has 0 saturated heterocycles. The summed E-state index contributed by atoms with van der Waals surface area (Å²) in [5.41, 5.74) is 6.27. The minimum absolute atomic E-state index is 0.126. The highest BCUT2D eigenvalue weighted by molar-refractivity contribution is 6.30. The van der Waals surface area contributed by atoms with Crippen LogP contribution in [0.2, 0.25) is 5.02 Å². The van der Waals surface area contributed by atoms with E-state index in [2.05, 4.69) is 24.9 Å². The van der Waals surface area contributed by atoms with E-state index >= 15 is 0 Å². The Bertz CT molecular complexity index is 1750. The number of aryl methyl sites for hydroxylation is 1. The Morgan fingerprint density at radius 3 is 2.67 bits per heavy atom. The van der Waals surface area contributed by atoms with Gasteiger partial charge in [0.05, 0.1) is 23.6 Å². The van der Waals surface area contributed by atoms with Crippen molar-refractivity contribution in [2.24, 2.45) is 5.92 Å². The van der Waals surface area contributed by atoms with Gasteiger partial charge in [0.2, 0.25) is 0 Å². The van der Waals surface area contributed by atoms with Crippen LogP contribution in [0.3, 0.4) is 0 Å².